The van der Waals surface area contributed by atoms with Crippen molar-refractivity contribution in [2.75, 3.05) is 7.05 Å². The zero-order valence-electron chi connectivity index (χ0n) is 14.5. The van der Waals surface area contributed by atoms with Crippen LogP contribution in [0.1, 0.15) is 16.7 Å². The quantitative estimate of drug-likeness (QED) is 0.659. The van der Waals surface area contributed by atoms with Crippen LogP contribution in [0.5, 0.6) is 0 Å². The van der Waals surface area contributed by atoms with Gasteiger partial charge in [0.25, 0.3) is 0 Å². The molecule has 3 aromatic rings. The summed E-state index contributed by atoms with van der Waals surface area (Å²) < 4.78 is 2.05. The highest BCUT2D eigenvalue weighted by Gasteiger charge is 2.22. The molecule has 2 aromatic carbocycles. The second-order valence-corrected chi connectivity index (χ2v) is 6.96. The van der Waals surface area contributed by atoms with E-state index in [2.05, 4.69) is 69.8 Å². The first-order valence-electron chi connectivity index (χ1n) is 8.40. The number of hydrogen-bond donors (Lipinski definition) is 2. The Morgan fingerprint density at radius 2 is 1.65 bits per heavy atom. The standard InChI is InChI=1S/C19H20N6S/c1-24-18(21-22-23-24)17-12-20-25(13-15-8-4-2-5-9-15)19(17)26-14-16-10-6-3-7-11-16/h2-12,22-23H,13-14H2,1H3. The molecule has 1 aromatic heterocycles. The average Bonchev–Trinajstić information content (AvgIpc) is 3.27. The molecule has 2 heterocycles. The van der Waals surface area contributed by atoms with E-state index in [-0.39, 0.29) is 0 Å². The third kappa shape index (κ3) is 3.58. The van der Waals surface area contributed by atoms with Gasteiger partial charge in [-0.15, -0.1) is 22.4 Å². The van der Waals surface area contributed by atoms with E-state index >= 15 is 0 Å². The Labute approximate surface area is 156 Å². The summed E-state index contributed by atoms with van der Waals surface area (Å²) in [5.74, 6) is 1.71. The summed E-state index contributed by atoms with van der Waals surface area (Å²) >= 11 is 1.78. The lowest BCUT2D eigenvalue weighted by molar-refractivity contribution is 0.348. The van der Waals surface area contributed by atoms with Gasteiger partial charge in [-0.3, -0.25) is 9.69 Å². The maximum Gasteiger partial charge on any atom is 0.177 e. The molecule has 0 amide bonds. The van der Waals surface area contributed by atoms with E-state index in [1.54, 1.807) is 11.8 Å². The van der Waals surface area contributed by atoms with Crippen LogP contribution >= 0.6 is 11.8 Å². The molecule has 4 rings (SSSR count). The lowest BCUT2D eigenvalue weighted by Crippen LogP contribution is -2.37. The number of rotatable bonds is 6. The smallest absolute Gasteiger partial charge is 0.177 e. The van der Waals surface area contributed by atoms with Gasteiger partial charge in [-0.25, -0.2) is 5.53 Å². The van der Waals surface area contributed by atoms with Crippen LogP contribution in [0.4, 0.5) is 0 Å². The van der Waals surface area contributed by atoms with E-state index in [1.165, 1.54) is 11.1 Å². The largest absolute Gasteiger partial charge is 0.274 e. The minimum atomic E-state index is 0.732. The van der Waals surface area contributed by atoms with E-state index in [0.717, 1.165) is 28.7 Å². The van der Waals surface area contributed by atoms with Crippen molar-refractivity contribution >= 4 is 17.6 Å². The number of aromatic nitrogens is 2. The molecule has 0 radical (unpaired) electrons. The monoisotopic (exact) mass is 364 g/mol. The average molecular weight is 364 g/mol. The SMILES string of the molecule is CN1NNN=C1c1cnn(Cc2ccccc2)c1SCc1ccccc1. The van der Waals surface area contributed by atoms with Gasteiger partial charge in [-0.1, -0.05) is 60.7 Å². The molecule has 0 unspecified atom stereocenters. The minimum absolute atomic E-state index is 0.732. The Morgan fingerprint density at radius 3 is 2.31 bits per heavy atom. The molecular weight excluding hydrogens is 344 g/mol. The van der Waals surface area contributed by atoms with Crippen LogP contribution in [-0.2, 0) is 12.3 Å². The van der Waals surface area contributed by atoms with Crippen LogP contribution in [0.15, 0.2) is 77.0 Å². The van der Waals surface area contributed by atoms with Crippen LogP contribution in [0.2, 0.25) is 0 Å². The summed E-state index contributed by atoms with van der Waals surface area (Å²) in [6.07, 6.45) is 1.89. The molecule has 2 N–H and O–H groups in total. The Hall–Kier alpha value is -2.77. The van der Waals surface area contributed by atoms with Crippen molar-refractivity contribution in [1.29, 1.82) is 0 Å². The molecule has 0 saturated carbocycles. The van der Waals surface area contributed by atoms with E-state index in [1.807, 2.05) is 35.1 Å². The summed E-state index contributed by atoms with van der Waals surface area (Å²) in [6.45, 7) is 0.732. The highest BCUT2D eigenvalue weighted by atomic mass is 32.2. The highest BCUT2D eigenvalue weighted by molar-refractivity contribution is 7.98. The van der Waals surface area contributed by atoms with E-state index in [9.17, 15) is 0 Å². The Kier molecular flexibility index (Phi) is 4.90. The lowest BCUT2D eigenvalue weighted by atomic mass is 10.2. The highest BCUT2D eigenvalue weighted by Crippen LogP contribution is 2.28. The number of hydrogen-bond acceptors (Lipinski definition) is 6. The first kappa shape index (κ1) is 16.7. The molecule has 7 heteroatoms. The zero-order valence-corrected chi connectivity index (χ0v) is 15.3. The van der Waals surface area contributed by atoms with Crippen molar-refractivity contribution in [3.63, 3.8) is 0 Å². The fourth-order valence-corrected chi connectivity index (χ4v) is 3.85. The third-order valence-corrected chi connectivity index (χ3v) is 5.30. The summed E-state index contributed by atoms with van der Waals surface area (Å²) in [4.78, 5) is 0. The molecule has 1 aliphatic rings. The summed E-state index contributed by atoms with van der Waals surface area (Å²) in [7, 11) is 1.93. The number of amidine groups is 1. The molecule has 0 atom stereocenters. The summed E-state index contributed by atoms with van der Waals surface area (Å²) in [5, 5.41) is 11.9. The van der Waals surface area contributed by atoms with Gasteiger partial charge in [0.15, 0.2) is 5.84 Å². The molecule has 26 heavy (non-hydrogen) atoms. The molecule has 0 saturated heterocycles. The van der Waals surface area contributed by atoms with E-state index in [0.29, 0.717) is 0 Å². The van der Waals surface area contributed by atoms with E-state index < -0.39 is 0 Å². The van der Waals surface area contributed by atoms with Gasteiger partial charge in [0, 0.05) is 12.8 Å². The van der Waals surface area contributed by atoms with Crippen molar-refractivity contribution < 1.29 is 0 Å². The number of nitrogens with one attached hydrogen (secondary N) is 2. The topological polar surface area (TPSA) is 57.5 Å². The van der Waals surface area contributed by atoms with Crippen LogP contribution < -0.4 is 11.1 Å². The van der Waals surface area contributed by atoms with Crippen molar-refractivity contribution in [3.05, 3.63) is 83.6 Å². The Morgan fingerprint density at radius 1 is 0.962 bits per heavy atom. The van der Waals surface area contributed by atoms with E-state index in [4.69, 9.17) is 0 Å². The fraction of sp³-hybridized carbons (Fsp3) is 0.158. The minimum Gasteiger partial charge on any atom is -0.274 e. The molecule has 0 bridgehead atoms. The summed E-state index contributed by atoms with van der Waals surface area (Å²) in [6, 6.07) is 20.9. The second-order valence-electron chi connectivity index (χ2n) is 6.00. The van der Waals surface area contributed by atoms with Gasteiger partial charge in [-0.2, -0.15) is 5.10 Å². The van der Waals surface area contributed by atoms with Gasteiger partial charge in [0.2, 0.25) is 0 Å². The maximum absolute atomic E-state index is 4.64. The normalized spacial score (nSPS) is 13.6. The van der Waals surface area contributed by atoms with Gasteiger partial charge < -0.3 is 0 Å². The van der Waals surface area contributed by atoms with Crippen LogP contribution in [0.3, 0.4) is 0 Å². The molecular formula is C19H20N6S. The number of nitrogens with zero attached hydrogens (tertiary/aromatic N) is 4. The van der Waals surface area contributed by atoms with Crippen LogP contribution in [-0.4, -0.2) is 27.7 Å². The van der Waals surface area contributed by atoms with Crippen molar-refractivity contribution in [2.45, 2.75) is 17.3 Å². The van der Waals surface area contributed by atoms with Gasteiger partial charge in [-0.05, 0) is 11.1 Å². The lowest BCUT2D eigenvalue weighted by Gasteiger charge is -2.14. The predicted molar refractivity (Wildman–Crippen MR) is 104 cm³/mol. The molecule has 0 spiro atoms. The maximum atomic E-state index is 4.64. The molecule has 6 nitrogen and oxygen atoms in total. The second kappa shape index (κ2) is 7.63. The first-order valence-corrected chi connectivity index (χ1v) is 9.39. The number of thioether (sulfide) groups is 1. The zero-order chi connectivity index (χ0) is 17.8. The molecule has 1 aliphatic heterocycles. The van der Waals surface area contributed by atoms with Gasteiger partial charge in [0.05, 0.1) is 18.3 Å². The van der Waals surface area contributed by atoms with Crippen LogP contribution in [0.25, 0.3) is 0 Å². The molecule has 0 fully saturated rings. The first-order chi connectivity index (χ1) is 12.8. The van der Waals surface area contributed by atoms with Crippen molar-refractivity contribution in [1.82, 2.24) is 25.9 Å². The molecule has 132 valence electrons. The number of hydrazine groups is 2. The Bertz CT molecular complexity index is 891. The number of benzene rings is 2. The van der Waals surface area contributed by atoms with Gasteiger partial charge >= 0.3 is 0 Å². The van der Waals surface area contributed by atoms with Crippen LogP contribution in [0, 0.1) is 0 Å². The third-order valence-electron chi connectivity index (χ3n) is 4.12. The molecule has 0 aliphatic carbocycles. The predicted octanol–water partition coefficient (Wildman–Crippen LogP) is 2.84. The Balaban J connectivity index is 1.64. The number of hydrazone groups is 1. The van der Waals surface area contributed by atoms with Gasteiger partial charge in [0.1, 0.15) is 5.03 Å². The van der Waals surface area contributed by atoms with Crippen molar-refractivity contribution in [3.8, 4) is 0 Å². The summed E-state index contributed by atoms with van der Waals surface area (Å²) in [5.41, 5.74) is 9.28. The fourth-order valence-electron chi connectivity index (χ4n) is 2.80. The van der Waals surface area contributed by atoms with Crippen molar-refractivity contribution in [2.24, 2.45) is 5.10 Å².